The predicted octanol–water partition coefficient (Wildman–Crippen LogP) is 4.91. The number of rotatable bonds is 2. The lowest BCUT2D eigenvalue weighted by molar-refractivity contribution is 1.19. The average Bonchev–Trinajstić information content (AvgIpc) is 2.82. The van der Waals surface area contributed by atoms with Crippen molar-refractivity contribution in [2.24, 2.45) is 10.2 Å². The Labute approximate surface area is 121 Å². The molecule has 0 aliphatic carbocycles. The summed E-state index contributed by atoms with van der Waals surface area (Å²) in [6.07, 6.45) is 0. The first-order chi connectivity index (χ1) is 9.63. The van der Waals surface area contributed by atoms with E-state index in [0.717, 1.165) is 32.7 Å². The average molecular weight is 282 g/mol. The molecule has 0 bridgehead atoms. The molecule has 3 rings (SSSR count). The van der Waals surface area contributed by atoms with Crippen LogP contribution in [0.1, 0.15) is 11.1 Å². The van der Waals surface area contributed by atoms with Crippen LogP contribution in [0.15, 0.2) is 46.6 Å². The van der Waals surface area contributed by atoms with Crippen molar-refractivity contribution in [1.29, 1.82) is 0 Å². The van der Waals surface area contributed by atoms with Crippen LogP contribution in [0.5, 0.6) is 0 Å². The molecule has 5 heteroatoms. The van der Waals surface area contributed by atoms with Gasteiger partial charge in [-0.1, -0.05) is 23.5 Å². The van der Waals surface area contributed by atoms with Crippen molar-refractivity contribution >= 4 is 38.1 Å². The van der Waals surface area contributed by atoms with Gasteiger partial charge in [0, 0.05) is 5.69 Å². The smallest absolute Gasteiger partial charge is 0.231 e. The fourth-order valence-corrected chi connectivity index (χ4v) is 2.87. The maximum Gasteiger partial charge on any atom is 0.231 e. The highest BCUT2D eigenvalue weighted by molar-refractivity contribution is 7.21. The molecule has 20 heavy (non-hydrogen) atoms. The summed E-state index contributed by atoms with van der Waals surface area (Å²) in [4.78, 5) is 4.51. The largest absolute Gasteiger partial charge is 0.399 e. The molecule has 2 N–H and O–H groups in total. The van der Waals surface area contributed by atoms with E-state index in [1.807, 2.05) is 50.2 Å². The van der Waals surface area contributed by atoms with Gasteiger partial charge in [0.05, 0.1) is 15.9 Å². The van der Waals surface area contributed by atoms with Crippen LogP contribution in [0.3, 0.4) is 0 Å². The molecular formula is C15H14N4S. The third-order valence-corrected chi connectivity index (χ3v) is 3.98. The number of anilines is 1. The molecule has 0 radical (unpaired) electrons. The number of azo groups is 1. The SMILES string of the molecule is Cc1cc(N)ccc1/N=N/c1nc2c(C)cccc2s1. The fraction of sp³-hybridized carbons (Fsp3) is 0.133. The van der Waals surface area contributed by atoms with Crippen LogP contribution in [0, 0.1) is 13.8 Å². The molecule has 0 amide bonds. The zero-order valence-electron chi connectivity index (χ0n) is 11.3. The van der Waals surface area contributed by atoms with Gasteiger partial charge in [-0.05, 0) is 49.2 Å². The van der Waals surface area contributed by atoms with E-state index < -0.39 is 0 Å². The number of nitrogens with zero attached hydrogens (tertiary/aromatic N) is 3. The Kier molecular flexibility index (Phi) is 3.20. The molecule has 0 unspecified atom stereocenters. The molecule has 0 atom stereocenters. The highest BCUT2D eigenvalue weighted by atomic mass is 32.1. The Morgan fingerprint density at radius 1 is 1.05 bits per heavy atom. The van der Waals surface area contributed by atoms with Crippen molar-refractivity contribution in [3.63, 3.8) is 0 Å². The summed E-state index contributed by atoms with van der Waals surface area (Å²) >= 11 is 1.54. The second kappa shape index (κ2) is 5.02. The topological polar surface area (TPSA) is 63.6 Å². The van der Waals surface area contributed by atoms with Gasteiger partial charge in [0.15, 0.2) is 0 Å². The monoisotopic (exact) mass is 282 g/mol. The van der Waals surface area contributed by atoms with E-state index in [9.17, 15) is 0 Å². The molecule has 1 aromatic heterocycles. The number of nitrogen functional groups attached to an aromatic ring is 1. The minimum atomic E-state index is 0.672. The number of thiazole rings is 1. The Morgan fingerprint density at radius 3 is 2.65 bits per heavy atom. The van der Waals surface area contributed by atoms with E-state index in [0.29, 0.717) is 5.13 Å². The number of para-hydroxylation sites is 1. The first kappa shape index (κ1) is 12.7. The van der Waals surface area contributed by atoms with E-state index in [1.165, 1.54) is 0 Å². The summed E-state index contributed by atoms with van der Waals surface area (Å²) in [5, 5.41) is 9.17. The van der Waals surface area contributed by atoms with Crippen LogP contribution < -0.4 is 5.73 Å². The van der Waals surface area contributed by atoms with E-state index >= 15 is 0 Å². The van der Waals surface area contributed by atoms with Gasteiger partial charge in [0.2, 0.25) is 5.13 Å². The van der Waals surface area contributed by atoms with Crippen LogP contribution in [0.25, 0.3) is 10.2 Å². The Morgan fingerprint density at radius 2 is 1.90 bits per heavy atom. The Hall–Kier alpha value is -2.27. The van der Waals surface area contributed by atoms with Gasteiger partial charge < -0.3 is 5.73 Å². The summed E-state index contributed by atoms with van der Waals surface area (Å²) in [6.45, 7) is 4.01. The van der Waals surface area contributed by atoms with Crippen molar-refractivity contribution in [3.8, 4) is 0 Å². The number of aromatic nitrogens is 1. The quantitative estimate of drug-likeness (QED) is 0.536. The molecule has 0 fully saturated rings. The predicted molar refractivity (Wildman–Crippen MR) is 84.1 cm³/mol. The lowest BCUT2D eigenvalue weighted by atomic mass is 10.2. The van der Waals surface area contributed by atoms with Gasteiger partial charge in [-0.25, -0.2) is 4.98 Å². The zero-order chi connectivity index (χ0) is 14.1. The first-order valence-corrected chi connectivity index (χ1v) is 7.09. The van der Waals surface area contributed by atoms with Gasteiger partial charge >= 0.3 is 0 Å². The molecule has 4 nitrogen and oxygen atoms in total. The van der Waals surface area contributed by atoms with Crippen molar-refractivity contribution in [1.82, 2.24) is 4.98 Å². The molecule has 2 aromatic carbocycles. The lowest BCUT2D eigenvalue weighted by Gasteiger charge is -1.98. The molecular weight excluding hydrogens is 268 g/mol. The van der Waals surface area contributed by atoms with Crippen LogP contribution in [0.4, 0.5) is 16.5 Å². The minimum absolute atomic E-state index is 0.672. The minimum Gasteiger partial charge on any atom is -0.399 e. The van der Waals surface area contributed by atoms with Crippen LogP contribution in [0.2, 0.25) is 0 Å². The first-order valence-electron chi connectivity index (χ1n) is 6.27. The number of fused-ring (bicyclic) bond motifs is 1. The maximum absolute atomic E-state index is 5.72. The fourth-order valence-electron chi connectivity index (χ4n) is 2.00. The van der Waals surface area contributed by atoms with E-state index in [2.05, 4.69) is 15.2 Å². The van der Waals surface area contributed by atoms with Crippen molar-refractivity contribution in [2.75, 3.05) is 5.73 Å². The molecule has 0 saturated heterocycles. The maximum atomic E-state index is 5.72. The second-order valence-electron chi connectivity index (χ2n) is 4.66. The molecule has 0 saturated carbocycles. The van der Waals surface area contributed by atoms with Crippen LogP contribution >= 0.6 is 11.3 Å². The molecule has 0 aliphatic rings. The van der Waals surface area contributed by atoms with Crippen LogP contribution in [-0.2, 0) is 0 Å². The number of hydrogen-bond acceptors (Lipinski definition) is 5. The highest BCUT2D eigenvalue weighted by Gasteiger charge is 2.05. The highest BCUT2D eigenvalue weighted by Crippen LogP contribution is 2.31. The number of nitrogens with two attached hydrogens (primary N) is 1. The van der Waals surface area contributed by atoms with Gasteiger partial charge in [-0.15, -0.1) is 10.2 Å². The third-order valence-electron chi connectivity index (χ3n) is 3.07. The summed E-state index contributed by atoms with van der Waals surface area (Å²) in [5.74, 6) is 0. The Bertz CT molecular complexity index is 805. The van der Waals surface area contributed by atoms with Crippen LogP contribution in [-0.4, -0.2) is 4.98 Å². The number of hydrogen-bond donors (Lipinski definition) is 1. The number of benzene rings is 2. The molecule has 100 valence electrons. The van der Waals surface area contributed by atoms with Gasteiger partial charge in [-0.3, -0.25) is 0 Å². The lowest BCUT2D eigenvalue weighted by Crippen LogP contribution is -1.84. The molecule has 3 aromatic rings. The summed E-state index contributed by atoms with van der Waals surface area (Å²) in [7, 11) is 0. The van der Waals surface area contributed by atoms with E-state index in [4.69, 9.17) is 5.73 Å². The van der Waals surface area contributed by atoms with Gasteiger partial charge in [0.25, 0.3) is 0 Å². The third kappa shape index (κ3) is 2.40. The molecule has 0 spiro atoms. The standard InChI is InChI=1S/C15H14N4S/c1-9-4-3-5-13-14(9)17-15(20-13)19-18-12-7-6-11(16)8-10(12)2/h3-8H,16H2,1-2H3/b19-18+. The normalized spacial score (nSPS) is 11.5. The summed E-state index contributed by atoms with van der Waals surface area (Å²) in [6, 6.07) is 11.7. The van der Waals surface area contributed by atoms with E-state index in [1.54, 1.807) is 11.3 Å². The van der Waals surface area contributed by atoms with Gasteiger partial charge in [0.1, 0.15) is 0 Å². The summed E-state index contributed by atoms with van der Waals surface area (Å²) in [5.41, 5.74) is 10.4. The molecule has 1 heterocycles. The van der Waals surface area contributed by atoms with Crippen molar-refractivity contribution in [2.45, 2.75) is 13.8 Å². The second-order valence-corrected chi connectivity index (χ2v) is 5.67. The van der Waals surface area contributed by atoms with Crippen molar-refractivity contribution < 1.29 is 0 Å². The van der Waals surface area contributed by atoms with E-state index in [-0.39, 0.29) is 0 Å². The Balaban J connectivity index is 1.96. The van der Waals surface area contributed by atoms with Gasteiger partial charge in [-0.2, -0.15) is 0 Å². The zero-order valence-corrected chi connectivity index (χ0v) is 12.1. The van der Waals surface area contributed by atoms with Crippen molar-refractivity contribution in [3.05, 3.63) is 47.5 Å². The summed E-state index contributed by atoms with van der Waals surface area (Å²) < 4.78 is 1.13. The molecule has 0 aliphatic heterocycles. The number of aryl methyl sites for hydroxylation is 2.